The van der Waals surface area contributed by atoms with Gasteiger partial charge in [0.25, 0.3) is 5.56 Å². The van der Waals surface area contributed by atoms with Gasteiger partial charge in [0.1, 0.15) is 18.3 Å². The fourth-order valence-corrected chi connectivity index (χ4v) is 2.94. The number of aromatic amines is 1. The zero-order valence-electron chi connectivity index (χ0n) is 11.2. The number of nitrogens with one attached hydrogen (secondary N) is 1. The largest absolute Gasteiger partial charge is 0.387 e. The molecule has 1 aliphatic rings. The van der Waals surface area contributed by atoms with Crippen LogP contribution in [0, 0.1) is 11.7 Å². The molecule has 0 aliphatic carbocycles. The van der Waals surface area contributed by atoms with E-state index in [1.54, 1.807) is 6.92 Å². The van der Waals surface area contributed by atoms with Crippen LogP contribution in [0.1, 0.15) is 11.8 Å². The Morgan fingerprint density at radius 1 is 1.50 bits per heavy atom. The monoisotopic (exact) mass is 390 g/mol. The molecule has 1 fully saturated rings. The summed E-state index contributed by atoms with van der Waals surface area (Å²) in [6.07, 6.45) is -7.11. The summed E-state index contributed by atoms with van der Waals surface area (Å²) in [5, 5.41) is 20.0. The van der Waals surface area contributed by atoms with Crippen LogP contribution in [0.3, 0.4) is 0 Å². The van der Waals surface area contributed by atoms with Gasteiger partial charge >= 0.3 is 6.07 Å². The SMILES string of the molecule is Cc1cn([C@@H]2O[C@H](COP(=O)(Cl)Cl)C(O)C2O)c(=S)[nH]c1=O. The van der Waals surface area contributed by atoms with Gasteiger partial charge in [0.05, 0.1) is 6.61 Å². The molecule has 0 radical (unpaired) electrons. The lowest BCUT2D eigenvalue weighted by Crippen LogP contribution is -2.33. The van der Waals surface area contributed by atoms with Gasteiger partial charge in [0, 0.05) is 11.8 Å². The number of aryl methyl sites for hydroxylation is 1. The molecule has 1 aliphatic heterocycles. The Morgan fingerprint density at radius 2 is 2.14 bits per heavy atom. The molecule has 12 heteroatoms. The standard InChI is InChI=1S/C10H13Cl2N2O6PS/c1-4-2-14(10(22)13-8(4)17)9-7(16)6(15)5(20-9)3-19-21(11,12)18/h2,5-7,9,15-16H,3H2,1H3,(H,13,17,22)/t5-,6?,7?,9-/m1/s1. The lowest BCUT2D eigenvalue weighted by atomic mass is 10.1. The summed E-state index contributed by atoms with van der Waals surface area (Å²) in [4.78, 5) is 13.9. The number of hydrogen-bond donors (Lipinski definition) is 3. The van der Waals surface area contributed by atoms with Crippen molar-refractivity contribution in [3.8, 4) is 0 Å². The smallest absolute Gasteiger partial charge is 0.380 e. The molecule has 1 saturated heterocycles. The number of ether oxygens (including phenoxy) is 1. The molecule has 2 unspecified atom stereocenters. The summed E-state index contributed by atoms with van der Waals surface area (Å²) >= 11 is 15.5. The van der Waals surface area contributed by atoms with Crippen LogP contribution in [0.5, 0.6) is 0 Å². The van der Waals surface area contributed by atoms with Gasteiger partial charge in [-0.05, 0) is 41.6 Å². The van der Waals surface area contributed by atoms with Crippen LogP contribution in [-0.2, 0) is 13.8 Å². The van der Waals surface area contributed by atoms with E-state index in [2.05, 4.69) is 9.51 Å². The number of aromatic nitrogens is 2. The fourth-order valence-electron chi connectivity index (χ4n) is 2.03. The molecule has 0 amide bonds. The molecule has 0 saturated carbocycles. The molecule has 2 heterocycles. The molecule has 0 aromatic carbocycles. The van der Waals surface area contributed by atoms with Crippen molar-refractivity contribution >= 4 is 40.8 Å². The summed E-state index contributed by atoms with van der Waals surface area (Å²) in [5.41, 5.74) is -0.0102. The number of rotatable bonds is 4. The first kappa shape index (κ1) is 18.1. The minimum Gasteiger partial charge on any atom is -0.387 e. The Morgan fingerprint density at radius 3 is 2.73 bits per heavy atom. The highest BCUT2D eigenvalue weighted by Crippen LogP contribution is 2.57. The highest BCUT2D eigenvalue weighted by molar-refractivity contribution is 8.05. The van der Waals surface area contributed by atoms with Gasteiger partial charge in [-0.25, -0.2) is 0 Å². The minimum absolute atomic E-state index is 0.0220. The third kappa shape index (κ3) is 3.98. The van der Waals surface area contributed by atoms with Crippen molar-refractivity contribution < 1.29 is 24.0 Å². The number of nitrogens with zero attached hydrogens (tertiary/aromatic N) is 1. The average molecular weight is 391 g/mol. The quantitative estimate of drug-likeness (QED) is 0.526. The highest BCUT2D eigenvalue weighted by atomic mass is 35.9. The van der Waals surface area contributed by atoms with Crippen LogP contribution in [0.25, 0.3) is 0 Å². The third-order valence-electron chi connectivity index (χ3n) is 3.15. The van der Waals surface area contributed by atoms with Crippen LogP contribution in [-0.4, -0.2) is 44.7 Å². The number of aliphatic hydroxyl groups excluding tert-OH is 2. The molecule has 22 heavy (non-hydrogen) atoms. The van der Waals surface area contributed by atoms with Gasteiger partial charge in [-0.3, -0.25) is 18.9 Å². The topological polar surface area (TPSA) is 114 Å². The maximum absolute atomic E-state index is 11.5. The summed E-state index contributed by atoms with van der Waals surface area (Å²) in [6, 6.07) is 0. The Hall–Kier alpha value is -0.250. The van der Waals surface area contributed by atoms with Gasteiger partial charge in [-0.2, -0.15) is 0 Å². The van der Waals surface area contributed by atoms with Crippen molar-refractivity contribution in [1.29, 1.82) is 0 Å². The maximum Gasteiger partial charge on any atom is 0.380 e. The summed E-state index contributed by atoms with van der Waals surface area (Å²) in [5.74, 6) is 0. The van der Waals surface area contributed by atoms with Crippen molar-refractivity contribution in [1.82, 2.24) is 9.55 Å². The Balaban J connectivity index is 2.23. The van der Waals surface area contributed by atoms with Crippen LogP contribution in [0.2, 0.25) is 0 Å². The lowest BCUT2D eigenvalue weighted by Gasteiger charge is -2.18. The average Bonchev–Trinajstić information content (AvgIpc) is 2.68. The summed E-state index contributed by atoms with van der Waals surface area (Å²) in [6.45, 7) is 1.17. The zero-order chi connectivity index (χ0) is 16.7. The molecule has 1 aromatic heterocycles. The van der Waals surface area contributed by atoms with Crippen molar-refractivity contribution in [3.05, 3.63) is 26.9 Å². The number of halogens is 2. The Labute approximate surface area is 139 Å². The summed E-state index contributed by atoms with van der Waals surface area (Å²) in [7, 11) is 0. The zero-order valence-corrected chi connectivity index (χ0v) is 14.4. The molecule has 0 bridgehead atoms. The Bertz CT molecular complexity index is 718. The summed E-state index contributed by atoms with van der Waals surface area (Å²) < 4.78 is 22.6. The second-order valence-electron chi connectivity index (χ2n) is 4.74. The first-order valence-electron chi connectivity index (χ1n) is 6.07. The molecule has 3 N–H and O–H groups in total. The first-order valence-corrected chi connectivity index (χ1v) is 9.92. The van der Waals surface area contributed by atoms with Crippen LogP contribution >= 0.6 is 40.8 Å². The van der Waals surface area contributed by atoms with E-state index in [-0.39, 0.29) is 16.9 Å². The molecule has 124 valence electrons. The second kappa shape index (κ2) is 6.70. The van der Waals surface area contributed by atoms with E-state index in [4.69, 9.17) is 39.4 Å². The van der Waals surface area contributed by atoms with E-state index in [9.17, 15) is 19.6 Å². The van der Waals surface area contributed by atoms with Crippen LogP contribution in [0.15, 0.2) is 11.0 Å². The van der Waals surface area contributed by atoms with Crippen LogP contribution in [0.4, 0.5) is 0 Å². The highest BCUT2D eigenvalue weighted by Gasteiger charge is 2.44. The van der Waals surface area contributed by atoms with Crippen LogP contribution < -0.4 is 5.56 Å². The number of H-pyrrole nitrogens is 1. The molecule has 2 rings (SSSR count). The molecule has 0 spiro atoms. The van der Waals surface area contributed by atoms with E-state index >= 15 is 0 Å². The molecule has 1 aromatic rings. The number of hydrogen-bond acceptors (Lipinski definition) is 7. The normalized spacial score (nSPS) is 29.0. The first-order chi connectivity index (χ1) is 10.1. The third-order valence-corrected chi connectivity index (χ3v) is 4.49. The van der Waals surface area contributed by atoms with Crippen molar-refractivity contribution in [3.63, 3.8) is 0 Å². The van der Waals surface area contributed by atoms with Gasteiger partial charge in [0.15, 0.2) is 11.0 Å². The number of aliphatic hydroxyl groups is 2. The van der Waals surface area contributed by atoms with Gasteiger partial charge in [-0.1, -0.05) is 0 Å². The van der Waals surface area contributed by atoms with Crippen molar-refractivity contribution in [2.24, 2.45) is 0 Å². The predicted octanol–water partition coefficient (Wildman–Crippen LogP) is 1.44. The van der Waals surface area contributed by atoms with E-state index < -0.39 is 30.6 Å². The molecular formula is C10H13Cl2N2O6PS. The molecule has 4 atom stereocenters. The predicted molar refractivity (Wildman–Crippen MR) is 81.8 cm³/mol. The fraction of sp³-hybridized carbons (Fsp3) is 0.600. The van der Waals surface area contributed by atoms with Gasteiger partial charge in [-0.15, -0.1) is 0 Å². The van der Waals surface area contributed by atoms with Crippen molar-refractivity contribution in [2.75, 3.05) is 6.61 Å². The second-order valence-corrected chi connectivity index (χ2v) is 9.40. The van der Waals surface area contributed by atoms with E-state index in [1.165, 1.54) is 10.8 Å². The van der Waals surface area contributed by atoms with Crippen molar-refractivity contribution in [2.45, 2.75) is 31.5 Å². The Kier molecular flexibility index (Phi) is 5.51. The van der Waals surface area contributed by atoms with E-state index in [0.717, 1.165) is 0 Å². The molecular weight excluding hydrogens is 378 g/mol. The van der Waals surface area contributed by atoms with E-state index in [0.29, 0.717) is 5.56 Å². The van der Waals surface area contributed by atoms with Gasteiger partial charge in [0.2, 0.25) is 0 Å². The van der Waals surface area contributed by atoms with Gasteiger partial charge < -0.3 is 19.5 Å². The molecule has 8 nitrogen and oxygen atoms in total. The lowest BCUT2D eigenvalue weighted by molar-refractivity contribution is -0.0498. The van der Waals surface area contributed by atoms with E-state index in [1.807, 2.05) is 0 Å². The minimum atomic E-state index is -3.78. The maximum atomic E-state index is 11.5.